The van der Waals surface area contributed by atoms with E-state index < -0.39 is 0 Å². The lowest BCUT2D eigenvalue weighted by Gasteiger charge is -2.32. The highest BCUT2D eigenvalue weighted by Gasteiger charge is 2.29. The number of piperidine rings is 1. The van der Waals surface area contributed by atoms with Gasteiger partial charge >= 0.3 is 0 Å². The molecule has 1 aliphatic rings. The van der Waals surface area contributed by atoms with Crippen molar-refractivity contribution in [1.82, 2.24) is 10.2 Å². The number of hydrogen-bond acceptors (Lipinski definition) is 4. The van der Waals surface area contributed by atoms with E-state index in [9.17, 15) is 9.59 Å². The van der Waals surface area contributed by atoms with E-state index >= 15 is 0 Å². The average molecular weight is 365 g/mol. The third-order valence-corrected chi connectivity index (χ3v) is 5.22. The molecule has 1 aliphatic heterocycles. The van der Waals surface area contributed by atoms with Crippen LogP contribution >= 0.6 is 11.8 Å². The van der Waals surface area contributed by atoms with E-state index in [1.807, 2.05) is 29.2 Å². The van der Waals surface area contributed by atoms with E-state index in [1.54, 1.807) is 18.9 Å². The molecule has 1 saturated heterocycles. The molecular weight excluding hydrogens is 336 g/mol. The summed E-state index contributed by atoms with van der Waals surface area (Å²) < 4.78 is 5.16. The first-order valence-electron chi connectivity index (χ1n) is 8.81. The minimum atomic E-state index is -0.0807. The van der Waals surface area contributed by atoms with Gasteiger partial charge in [0.05, 0.1) is 13.0 Å². The molecule has 0 radical (unpaired) electrons. The molecule has 1 heterocycles. The fourth-order valence-electron chi connectivity index (χ4n) is 2.97. The van der Waals surface area contributed by atoms with Crippen molar-refractivity contribution < 1.29 is 14.3 Å². The molecule has 1 atom stereocenters. The third-order valence-electron chi connectivity index (χ3n) is 4.52. The Balaban J connectivity index is 1.80. The SMILES string of the molecule is COc1ccc(CCN2C[C@@H](C(=O)NCCCSC)CCC2=O)cc1. The number of benzene rings is 1. The number of nitrogens with one attached hydrogen (secondary N) is 1. The molecule has 2 rings (SSSR count). The molecule has 0 unspecified atom stereocenters. The van der Waals surface area contributed by atoms with Crippen LogP contribution in [-0.2, 0) is 16.0 Å². The Labute approximate surface area is 154 Å². The number of nitrogens with zero attached hydrogens (tertiary/aromatic N) is 1. The molecule has 0 bridgehead atoms. The van der Waals surface area contributed by atoms with Crippen molar-refractivity contribution in [3.8, 4) is 5.75 Å². The Morgan fingerprint density at radius 1 is 1.36 bits per heavy atom. The molecule has 2 amide bonds. The van der Waals surface area contributed by atoms with Crippen LogP contribution in [0, 0.1) is 5.92 Å². The number of carbonyl (C=O) groups excluding carboxylic acids is 2. The maximum atomic E-state index is 12.3. The molecule has 1 N–H and O–H groups in total. The number of hydrogen-bond donors (Lipinski definition) is 1. The van der Waals surface area contributed by atoms with Crippen molar-refractivity contribution in [2.24, 2.45) is 5.92 Å². The zero-order chi connectivity index (χ0) is 18.1. The van der Waals surface area contributed by atoms with Gasteiger partial charge in [-0.2, -0.15) is 11.8 Å². The summed E-state index contributed by atoms with van der Waals surface area (Å²) in [4.78, 5) is 26.3. The molecule has 1 aromatic rings. The van der Waals surface area contributed by atoms with Gasteiger partial charge in [0.25, 0.3) is 0 Å². The van der Waals surface area contributed by atoms with Gasteiger partial charge in [-0.15, -0.1) is 0 Å². The molecule has 5 nitrogen and oxygen atoms in total. The van der Waals surface area contributed by atoms with Crippen molar-refractivity contribution >= 4 is 23.6 Å². The summed E-state index contributed by atoms with van der Waals surface area (Å²) >= 11 is 1.78. The van der Waals surface area contributed by atoms with Gasteiger partial charge in [-0.05, 0) is 49.0 Å². The molecule has 6 heteroatoms. The van der Waals surface area contributed by atoms with Crippen LogP contribution in [0.4, 0.5) is 0 Å². The summed E-state index contributed by atoms with van der Waals surface area (Å²) in [6.07, 6.45) is 4.96. The van der Waals surface area contributed by atoms with Crippen molar-refractivity contribution in [2.45, 2.75) is 25.7 Å². The number of amides is 2. The topological polar surface area (TPSA) is 58.6 Å². The molecule has 0 saturated carbocycles. The fourth-order valence-corrected chi connectivity index (χ4v) is 3.41. The van der Waals surface area contributed by atoms with E-state index in [4.69, 9.17) is 4.74 Å². The molecule has 138 valence electrons. The number of likely N-dealkylation sites (tertiary alicyclic amines) is 1. The molecule has 1 aromatic carbocycles. The maximum absolute atomic E-state index is 12.3. The number of rotatable bonds is 9. The van der Waals surface area contributed by atoms with Crippen LogP contribution in [0.15, 0.2) is 24.3 Å². The van der Waals surface area contributed by atoms with Crippen LogP contribution in [0.5, 0.6) is 5.75 Å². The zero-order valence-corrected chi connectivity index (χ0v) is 15.9. The fraction of sp³-hybridized carbons (Fsp3) is 0.579. The Hall–Kier alpha value is -1.69. The average Bonchev–Trinajstić information content (AvgIpc) is 2.65. The van der Waals surface area contributed by atoms with Gasteiger partial charge < -0.3 is 15.0 Å². The van der Waals surface area contributed by atoms with Crippen LogP contribution in [0.1, 0.15) is 24.8 Å². The van der Waals surface area contributed by atoms with Crippen molar-refractivity contribution in [3.05, 3.63) is 29.8 Å². The van der Waals surface area contributed by atoms with E-state index in [2.05, 4.69) is 11.6 Å². The molecule has 25 heavy (non-hydrogen) atoms. The monoisotopic (exact) mass is 364 g/mol. The summed E-state index contributed by atoms with van der Waals surface area (Å²) in [5.74, 6) is 2.04. The summed E-state index contributed by atoms with van der Waals surface area (Å²) in [6, 6.07) is 7.89. The van der Waals surface area contributed by atoms with E-state index in [1.165, 1.54) is 0 Å². The van der Waals surface area contributed by atoms with Gasteiger partial charge in [0.2, 0.25) is 11.8 Å². The first-order valence-corrected chi connectivity index (χ1v) is 10.2. The highest BCUT2D eigenvalue weighted by atomic mass is 32.2. The van der Waals surface area contributed by atoms with Crippen LogP contribution < -0.4 is 10.1 Å². The smallest absolute Gasteiger partial charge is 0.224 e. The minimum absolute atomic E-state index is 0.0807. The van der Waals surface area contributed by atoms with Gasteiger partial charge in [-0.1, -0.05) is 12.1 Å². The van der Waals surface area contributed by atoms with Crippen LogP contribution in [-0.4, -0.2) is 55.5 Å². The minimum Gasteiger partial charge on any atom is -0.497 e. The second-order valence-corrected chi connectivity index (χ2v) is 7.30. The standard InChI is InChI=1S/C19H28N2O3S/c1-24-17-7-4-15(5-8-17)10-12-21-14-16(6-9-18(21)22)19(23)20-11-3-13-25-2/h4-5,7-8,16H,3,6,9-14H2,1-2H3,(H,20,23)/t16-/m0/s1. The van der Waals surface area contributed by atoms with Crippen LogP contribution in [0.3, 0.4) is 0 Å². The number of methoxy groups -OCH3 is 1. The van der Waals surface area contributed by atoms with Gasteiger partial charge in [-0.25, -0.2) is 0 Å². The van der Waals surface area contributed by atoms with Crippen molar-refractivity contribution in [1.29, 1.82) is 0 Å². The van der Waals surface area contributed by atoms with Gasteiger partial charge in [0, 0.05) is 26.1 Å². The highest BCUT2D eigenvalue weighted by Crippen LogP contribution is 2.19. The first kappa shape index (κ1) is 19.6. The van der Waals surface area contributed by atoms with Gasteiger partial charge in [-0.3, -0.25) is 9.59 Å². The predicted molar refractivity (Wildman–Crippen MR) is 102 cm³/mol. The molecule has 0 aliphatic carbocycles. The first-order chi connectivity index (χ1) is 12.1. The Kier molecular flexibility index (Phi) is 8.12. The second kappa shape index (κ2) is 10.3. The molecular formula is C19H28N2O3S. The lowest BCUT2D eigenvalue weighted by molar-refractivity contribution is -0.138. The normalized spacial score (nSPS) is 17.4. The lowest BCUT2D eigenvalue weighted by atomic mass is 9.96. The summed E-state index contributed by atoms with van der Waals surface area (Å²) in [5, 5.41) is 3.00. The van der Waals surface area contributed by atoms with Crippen LogP contribution in [0.2, 0.25) is 0 Å². The third kappa shape index (κ3) is 6.27. The summed E-state index contributed by atoms with van der Waals surface area (Å²) in [7, 11) is 1.65. The van der Waals surface area contributed by atoms with Gasteiger partial charge in [0.15, 0.2) is 0 Å². The summed E-state index contributed by atoms with van der Waals surface area (Å²) in [6.45, 7) is 1.90. The zero-order valence-electron chi connectivity index (χ0n) is 15.1. The van der Waals surface area contributed by atoms with E-state index in [0.29, 0.717) is 25.9 Å². The van der Waals surface area contributed by atoms with E-state index in [-0.39, 0.29) is 17.7 Å². The maximum Gasteiger partial charge on any atom is 0.224 e. The quantitative estimate of drug-likeness (QED) is 0.684. The molecule has 0 aromatic heterocycles. The Bertz CT molecular complexity index is 562. The largest absolute Gasteiger partial charge is 0.497 e. The van der Waals surface area contributed by atoms with Crippen molar-refractivity contribution in [2.75, 3.05) is 38.8 Å². The number of carbonyl (C=O) groups is 2. The molecule has 1 fully saturated rings. The summed E-state index contributed by atoms with van der Waals surface area (Å²) in [5.41, 5.74) is 1.16. The Morgan fingerprint density at radius 3 is 2.80 bits per heavy atom. The number of ether oxygens (including phenoxy) is 1. The molecule has 0 spiro atoms. The second-order valence-electron chi connectivity index (χ2n) is 6.31. The lowest BCUT2D eigenvalue weighted by Crippen LogP contribution is -2.46. The Morgan fingerprint density at radius 2 is 2.12 bits per heavy atom. The van der Waals surface area contributed by atoms with Crippen LogP contribution in [0.25, 0.3) is 0 Å². The van der Waals surface area contributed by atoms with Crippen molar-refractivity contribution in [3.63, 3.8) is 0 Å². The van der Waals surface area contributed by atoms with Gasteiger partial charge in [0.1, 0.15) is 5.75 Å². The van der Waals surface area contributed by atoms with E-state index in [0.717, 1.165) is 36.5 Å². The number of thioether (sulfide) groups is 1. The highest BCUT2D eigenvalue weighted by molar-refractivity contribution is 7.98. The predicted octanol–water partition coefficient (Wildman–Crippen LogP) is 2.35.